The van der Waals surface area contributed by atoms with Gasteiger partial charge in [0.1, 0.15) is 5.50 Å². The third kappa shape index (κ3) is 1.56. The Bertz CT molecular complexity index is 494. The van der Waals surface area contributed by atoms with E-state index in [9.17, 15) is 0 Å². The van der Waals surface area contributed by atoms with Crippen LogP contribution in [0.2, 0.25) is 0 Å². The molecule has 2 N–H and O–H groups in total. The highest BCUT2D eigenvalue weighted by Gasteiger charge is 2.21. The van der Waals surface area contributed by atoms with Gasteiger partial charge in [-0.25, -0.2) is 0 Å². The van der Waals surface area contributed by atoms with Gasteiger partial charge in [-0.05, 0) is 18.2 Å². The van der Waals surface area contributed by atoms with E-state index in [1.807, 2.05) is 6.20 Å². The van der Waals surface area contributed by atoms with Gasteiger partial charge < -0.3 is 15.2 Å². The third-order valence-corrected chi connectivity index (χ3v) is 3.45. The Morgan fingerprint density at radius 1 is 1.31 bits per heavy atom. The molecule has 0 radical (unpaired) electrons. The van der Waals surface area contributed by atoms with Crippen molar-refractivity contribution in [1.82, 2.24) is 10.3 Å². The molecule has 1 aromatic heterocycles. The van der Waals surface area contributed by atoms with Crippen LogP contribution in [-0.2, 0) is 0 Å². The summed E-state index contributed by atoms with van der Waals surface area (Å²) < 4.78 is 0. The fourth-order valence-electron chi connectivity index (χ4n) is 2.26. The van der Waals surface area contributed by atoms with E-state index in [0.717, 1.165) is 19.6 Å². The monoisotopic (exact) mass is 235 g/mol. The zero-order valence-electron chi connectivity index (χ0n) is 8.91. The van der Waals surface area contributed by atoms with E-state index in [2.05, 4.69) is 39.5 Å². The molecule has 3 rings (SSSR count). The summed E-state index contributed by atoms with van der Waals surface area (Å²) in [5, 5.41) is 4.54. The predicted molar refractivity (Wildman–Crippen MR) is 68.2 cm³/mol. The van der Waals surface area contributed by atoms with Crippen molar-refractivity contribution in [1.29, 1.82) is 0 Å². The van der Waals surface area contributed by atoms with Crippen molar-refractivity contribution in [3.63, 3.8) is 0 Å². The van der Waals surface area contributed by atoms with Gasteiger partial charge >= 0.3 is 0 Å². The first-order valence-corrected chi connectivity index (χ1v) is 5.97. The number of hydrogen-bond donors (Lipinski definition) is 2. The molecule has 1 atom stereocenters. The van der Waals surface area contributed by atoms with E-state index in [1.54, 1.807) is 0 Å². The minimum atomic E-state index is 0.0363. The largest absolute Gasteiger partial charge is 0.361 e. The number of benzene rings is 1. The molecule has 1 aliphatic rings. The van der Waals surface area contributed by atoms with Gasteiger partial charge in [-0.2, -0.15) is 0 Å². The average Bonchev–Trinajstić information content (AvgIpc) is 2.77. The van der Waals surface area contributed by atoms with Gasteiger partial charge in [0, 0.05) is 42.4 Å². The minimum Gasteiger partial charge on any atom is -0.361 e. The van der Waals surface area contributed by atoms with E-state index in [1.165, 1.54) is 16.6 Å². The Morgan fingerprint density at radius 3 is 3.12 bits per heavy atom. The lowest BCUT2D eigenvalue weighted by Crippen LogP contribution is -2.48. The van der Waals surface area contributed by atoms with E-state index in [4.69, 9.17) is 11.6 Å². The van der Waals surface area contributed by atoms with Gasteiger partial charge in [0.2, 0.25) is 0 Å². The van der Waals surface area contributed by atoms with Crippen LogP contribution >= 0.6 is 11.6 Å². The highest BCUT2D eigenvalue weighted by molar-refractivity contribution is 6.22. The van der Waals surface area contributed by atoms with Crippen LogP contribution in [0.1, 0.15) is 0 Å². The number of nitrogens with one attached hydrogen (secondary N) is 2. The van der Waals surface area contributed by atoms with E-state index >= 15 is 0 Å². The third-order valence-electron chi connectivity index (χ3n) is 3.06. The highest BCUT2D eigenvalue weighted by Crippen LogP contribution is 2.28. The molecule has 0 spiro atoms. The molecule has 1 aliphatic heterocycles. The summed E-state index contributed by atoms with van der Waals surface area (Å²) in [5.74, 6) is 0. The maximum Gasteiger partial charge on any atom is 0.116 e. The van der Waals surface area contributed by atoms with Crippen LogP contribution in [0.15, 0.2) is 30.5 Å². The molecular weight excluding hydrogens is 222 g/mol. The molecule has 1 fully saturated rings. The minimum absolute atomic E-state index is 0.0363. The van der Waals surface area contributed by atoms with E-state index < -0.39 is 0 Å². The number of alkyl halides is 1. The van der Waals surface area contributed by atoms with Crippen molar-refractivity contribution in [2.45, 2.75) is 5.50 Å². The first kappa shape index (κ1) is 10.00. The molecule has 3 nitrogen and oxygen atoms in total. The Labute approximate surface area is 99.4 Å². The van der Waals surface area contributed by atoms with Gasteiger partial charge in [-0.1, -0.05) is 17.7 Å². The summed E-state index contributed by atoms with van der Waals surface area (Å²) in [6.45, 7) is 2.78. The number of aromatic amines is 1. The summed E-state index contributed by atoms with van der Waals surface area (Å²) in [7, 11) is 0. The average molecular weight is 236 g/mol. The Balaban J connectivity index is 2.07. The number of hydrogen-bond acceptors (Lipinski definition) is 2. The number of nitrogens with zero attached hydrogens (tertiary/aromatic N) is 1. The SMILES string of the molecule is ClC1CNCCN1c1cccc2[nH]ccc12. The number of halogens is 1. The molecule has 16 heavy (non-hydrogen) atoms. The molecule has 0 bridgehead atoms. The Morgan fingerprint density at radius 2 is 2.25 bits per heavy atom. The summed E-state index contributed by atoms with van der Waals surface area (Å²) >= 11 is 6.34. The second-order valence-electron chi connectivity index (χ2n) is 4.05. The van der Waals surface area contributed by atoms with Crippen LogP contribution in [0.4, 0.5) is 5.69 Å². The second-order valence-corrected chi connectivity index (χ2v) is 4.55. The number of rotatable bonds is 1. The summed E-state index contributed by atoms with van der Waals surface area (Å²) in [6.07, 6.45) is 1.97. The first-order chi connectivity index (χ1) is 7.86. The van der Waals surface area contributed by atoms with Crippen molar-refractivity contribution in [3.05, 3.63) is 30.5 Å². The molecule has 1 saturated heterocycles. The molecule has 0 aliphatic carbocycles. The maximum atomic E-state index is 6.34. The lowest BCUT2D eigenvalue weighted by molar-refractivity contribution is 0.560. The van der Waals surface area contributed by atoms with Crippen molar-refractivity contribution in [2.24, 2.45) is 0 Å². The van der Waals surface area contributed by atoms with Crippen LogP contribution in [0.25, 0.3) is 10.9 Å². The number of H-pyrrole nitrogens is 1. The van der Waals surface area contributed by atoms with Gasteiger partial charge in [-0.15, -0.1) is 0 Å². The highest BCUT2D eigenvalue weighted by atomic mass is 35.5. The smallest absolute Gasteiger partial charge is 0.116 e. The zero-order valence-corrected chi connectivity index (χ0v) is 9.67. The fourth-order valence-corrected chi connectivity index (χ4v) is 2.57. The lowest BCUT2D eigenvalue weighted by atomic mass is 10.2. The quantitative estimate of drug-likeness (QED) is 0.586. The van der Waals surface area contributed by atoms with Gasteiger partial charge in [0.15, 0.2) is 0 Å². The molecular formula is C12H14ClN3. The lowest BCUT2D eigenvalue weighted by Gasteiger charge is -2.34. The molecule has 2 heterocycles. The van der Waals surface area contributed by atoms with Crippen molar-refractivity contribution < 1.29 is 0 Å². The molecule has 1 unspecified atom stereocenters. The van der Waals surface area contributed by atoms with E-state index in [0.29, 0.717) is 0 Å². The number of anilines is 1. The summed E-state index contributed by atoms with van der Waals surface area (Å²) in [5.41, 5.74) is 2.43. The van der Waals surface area contributed by atoms with Crippen molar-refractivity contribution in [2.75, 3.05) is 24.5 Å². The molecule has 0 saturated carbocycles. The zero-order chi connectivity index (χ0) is 11.0. The van der Waals surface area contributed by atoms with Gasteiger partial charge in [0.05, 0.1) is 0 Å². The maximum absolute atomic E-state index is 6.34. The normalized spacial score (nSPS) is 21.6. The standard InChI is InChI=1S/C12H14ClN3/c13-12-8-14-6-7-16(12)11-3-1-2-10-9(11)4-5-15-10/h1-5,12,14-15H,6-8H2. The van der Waals surface area contributed by atoms with E-state index in [-0.39, 0.29) is 5.50 Å². The molecule has 1 aromatic carbocycles. The van der Waals surface area contributed by atoms with Crippen LogP contribution in [0.5, 0.6) is 0 Å². The predicted octanol–water partition coefficient (Wildman–Crippen LogP) is 2.14. The second kappa shape index (κ2) is 4.00. The molecule has 0 amide bonds. The Kier molecular flexibility index (Phi) is 2.50. The van der Waals surface area contributed by atoms with Gasteiger partial charge in [-0.3, -0.25) is 0 Å². The number of aromatic nitrogens is 1. The first-order valence-electron chi connectivity index (χ1n) is 5.54. The van der Waals surface area contributed by atoms with Crippen molar-refractivity contribution >= 4 is 28.2 Å². The van der Waals surface area contributed by atoms with Crippen LogP contribution < -0.4 is 10.2 Å². The molecule has 4 heteroatoms. The summed E-state index contributed by atoms with van der Waals surface area (Å²) in [4.78, 5) is 5.49. The molecule has 2 aromatic rings. The number of fused-ring (bicyclic) bond motifs is 1. The number of piperazine rings is 1. The topological polar surface area (TPSA) is 31.1 Å². The van der Waals surface area contributed by atoms with Crippen LogP contribution in [0, 0.1) is 0 Å². The Hall–Kier alpha value is -1.19. The van der Waals surface area contributed by atoms with Crippen LogP contribution in [0.3, 0.4) is 0 Å². The van der Waals surface area contributed by atoms with Crippen molar-refractivity contribution in [3.8, 4) is 0 Å². The molecule has 84 valence electrons. The fraction of sp³-hybridized carbons (Fsp3) is 0.333. The van der Waals surface area contributed by atoms with Crippen LogP contribution in [-0.4, -0.2) is 30.1 Å². The van der Waals surface area contributed by atoms with Gasteiger partial charge in [0.25, 0.3) is 0 Å². The summed E-state index contributed by atoms with van der Waals surface area (Å²) in [6, 6.07) is 8.40.